The lowest BCUT2D eigenvalue weighted by molar-refractivity contribution is 0.0951. The summed E-state index contributed by atoms with van der Waals surface area (Å²) in [7, 11) is 1.59. The number of carbonyl (C=O) groups excluding carboxylic acids is 1. The Morgan fingerprint density at radius 3 is 2.54 bits per heavy atom. The highest BCUT2D eigenvalue weighted by Crippen LogP contribution is 2.29. The molecular formula is C19H22ClNO3. The van der Waals surface area contributed by atoms with Gasteiger partial charge in [0.05, 0.1) is 23.8 Å². The molecule has 0 aliphatic carbocycles. The topological polar surface area (TPSA) is 47.6 Å². The highest BCUT2D eigenvalue weighted by molar-refractivity contribution is 6.33. The fourth-order valence-electron chi connectivity index (χ4n) is 2.26. The summed E-state index contributed by atoms with van der Waals surface area (Å²) in [4.78, 5) is 12.3. The minimum absolute atomic E-state index is 0.0631. The SMILES string of the molecule is COc1cc(CNC(=O)c2ccc(C)cc2Cl)ccc1OC(C)C. The summed E-state index contributed by atoms with van der Waals surface area (Å²) in [5.74, 6) is 1.12. The van der Waals surface area contributed by atoms with E-state index >= 15 is 0 Å². The largest absolute Gasteiger partial charge is 0.493 e. The number of aryl methyl sites for hydroxylation is 1. The maximum absolute atomic E-state index is 12.3. The van der Waals surface area contributed by atoms with Crippen molar-refractivity contribution >= 4 is 17.5 Å². The normalized spacial score (nSPS) is 10.6. The molecule has 2 aromatic carbocycles. The Hall–Kier alpha value is -2.20. The second kappa shape index (κ2) is 8.06. The van der Waals surface area contributed by atoms with Gasteiger partial charge in [0, 0.05) is 6.54 Å². The third-order valence-electron chi connectivity index (χ3n) is 3.41. The van der Waals surface area contributed by atoms with Gasteiger partial charge in [0.25, 0.3) is 5.91 Å². The van der Waals surface area contributed by atoms with Crippen molar-refractivity contribution in [2.24, 2.45) is 0 Å². The Morgan fingerprint density at radius 1 is 1.17 bits per heavy atom. The van der Waals surface area contributed by atoms with E-state index in [1.807, 2.05) is 45.0 Å². The molecule has 0 aliphatic rings. The molecule has 4 nitrogen and oxygen atoms in total. The highest BCUT2D eigenvalue weighted by atomic mass is 35.5. The minimum atomic E-state index is -0.207. The number of rotatable bonds is 6. The number of hydrogen-bond acceptors (Lipinski definition) is 3. The summed E-state index contributed by atoms with van der Waals surface area (Å²) in [6.07, 6.45) is 0.0631. The molecule has 0 bridgehead atoms. The van der Waals surface area contributed by atoms with Gasteiger partial charge in [-0.05, 0) is 56.2 Å². The summed E-state index contributed by atoms with van der Waals surface area (Å²) < 4.78 is 11.0. The molecule has 1 amide bonds. The number of carbonyl (C=O) groups is 1. The molecule has 1 N–H and O–H groups in total. The van der Waals surface area contributed by atoms with Gasteiger partial charge in [0.15, 0.2) is 11.5 Å². The molecule has 0 atom stereocenters. The summed E-state index contributed by atoms with van der Waals surface area (Å²) in [5, 5.41) is 3.32. The number of methoxy groups -OCH3 is 1. The van der Waals surface area contributed by atoms with Crippen LogP contribution in [0.3, 0.4) is 0 Å². The van der Waals surface area contributed by atoms with Crippen molar-refractivity contribution in [2.75, 3.05) is 7.11 Å². The number of ether oxygens (including phenoxy) is 2. The maximum Gasteiger partial charge on any atom is 0.253 e. The quantitative estimate of drug-likeness (QED) is 0.843. The lowest BCUT2D eigenvalue weighted by Gasteiger charge is -2.15. The first kappa shape index (κ1) is 18.1. The number of hydrogen-bond donors (Lipinski definition) is 1. The first-order valence-corrected chi connectivity index (χ1v) is 8.16. The number of halogens is 1. The van der Waals surface area contributed by atoms with Crippen LogP contribution in [0.1, 0.15) is 35.3 Å². The number of amides is 1. The van der Waals surface area contributed by atoms with E-state index in [4.69, 9.17) is 21.1 Å². The molecule has 0 radical (unpaired) electrons. The molecular weight excluding hydrogens is 326 g/mol. The zero-order valence-electron chi connectivity index (χ0n) is 14.4. The molecule has 128 valence electrons. The molecule has 2 rings (SSSR count). The Morgan fingerprint density at radius 2 is 1.92 bits per heavy atom. The van der Waals surface area contributed by atoms with Crippen LogP contribution in [0, 0.1) is 6.92 Å². The van der Waals surface area contributed by atoms with Crippen molar-refractivity contribution in [1.82, 2.24) is 5.32 Å². The van der Waals surface area contributed by atoms with E-state index in [-0.39, 0.29) is 12.0 Å². The van der Waals surface area contributed by atoms with Crippen molar-refractivity contribution in [3.05, 3.63) is 58.1 Å². The Bertz CT molecular complexity index is 729. The van der Waals surface area contributed by atoms with Gasteiger partial charge in [-0.25, -0.2) is 0 Å². The van der Waals surface area contributed by atoms with Crippen LogP contribution in [0.15, 0.2) is 36.4 Å². The Kier molecular flexibility index (Phi) is 6.10. The summed E-state index contributed by atoms with van der Waals surface area (Å²) in [5.41, 5.74) is 2.40. The van der Waals surface area contributed by atoms with Crippen molar-refractivity contribution in [2.45, 2.75) is 33.4 Å². The summed E-state index contributed by atoms with van der Waals surface area (Å²) in [6, 6.07) is 11.0. The summed E-state index contributed by atoms with van der Waals surface area (Å²) >= 11 is 6.13. The lowest BCUT2D eigenvalue weighted by atomic mass is 10.1. The minimum Gasteiger partial charge on any atom is -0.493 e. The van der Waals surface area contributed by atoms with E-state index in [1.165, 1.54) is 0 Å². The molecule has 2 aromatic rings. The number of benzene rings is 2. The predicted molar refractivity (Wildman–Crippen MR) is 96.1 cm³/mol. The molecule has 0 saturated heterocycles. The van der Waals surface area contributed by atoms with E-state index in [9.17, 15) is 4.79 Å². The van der Waals surface area contributed by atoms with Crippen LogP contribution in [-0.2, 0) is 6.54 Å². The van der Waals surface area contributed by atoms with E-state index < -0.39 is 0 Å². The van der Waals surface area contributed by atoms with Crippen LogP contribution >= 0.6 is 11.6 Å². The van der Waals surface area contributed by atoms with Crippen LogP contribution in [-0.4, -0.2) is 19.1 Å². The van der Waals surface area contributed by atoms with E-state index in [1.54, 1.807) is 19.2 Å². The fourth-order valence-corrected chi connectivity index (χ4v) is 2.58. The number of nitrogens with one attached hydrogen (secondary N) is 1. The van der Waals surface area contributed by atoms with E-state index in [0.29, 0.717) is 28.6 Å². The van der Waals surface area contributed by atoms with Crippen molar-refractivity contribution < 1.29 is 14.3 Å². The molecule has 0 aromatic heterocycles. The molecule has 0 spiro atoms. The zero-order valence-corrected chi connectivity index (χ0v) is 15.1. The first-order chi connectivity index (χ1) is 11.4. The third-order valence-corrected chi connectivity index (χ3v) is 3.73. The van der Waals surface area contributed by atoms with Gasteiger partial charge in [0.1, 0.15) is 0 Å². The van der Waals surface area contributed by atoms with Gasteiger partial charge in [-0.1, -0.05) is 23.7 Å². The molecule has 0 unspecified atom stereocenters. The predicted octanol–water partition coefficient (Wildman–Crippen LogP) is 4.37. The van der Waals surface area contributed by atoms with Gasteiger partial charge in [-0.3, -0.25) is 4.79 Å². The van der Waals surface area contributed by atoms with Crippen molar-refractivity contribution in [3.63, 3.8) is 0 Å². The third kappa shape index (κ3) is 4.65. The fraction of sp³-hybridized carbons (Fsp3) is 0.316. The van der Waals surface area contributed by atoms with Crippen molar-refractivity contribution in [3.8, 4) is 11.5 Å². The molecule has 0 fully saturated rings. The van der Waals surface area contributed by atoms with Crippen LogP contribution in [0.2, 0.25) is 5.02 Å². The van der Waals surface area contributed by atoms with Gasteiger partial charge in [-0.15, -0.1) is 0 Å². The van der Waals surface area contributed by atoms with Crippen LogP contribution in [0.5, 0.6) is 11.5 Å². The second-order valence-electron chi connectivity index (χ2n) is 5.82. The molecule has 0 aliphatic heterocycles. The first-order valence-electron chi connectivity index (χ1n) is 7.78. The van der Waals surface area contributed by atoms with Gasteiger partial charge >= 0.3 is 0 Å². The van der Waals surface area contributed by atoms with Gasteiger partial charge in [0.2, 0.25) is 0 Å². The average molecular weight is 348 g/mol. The monoisotopic (exact) mass is 347 g/mol. The molecule has 0 saturated carbocycles. The zero-order chi connectivity index (χ0) is 17.7. The van der Waals surface area contributed by atoms with Crippen molar-refractivity contribution in [1.29, 1.82) is 0 Å². The average Bonchev–Trinajstić information content (AvgIpc) is 2.53. The Balaban J connectivity index is 2.07. The second-order valence-corrected chi connectivity index (χ2v) is 6.22. The lowest BCUT2D eigenvalue weighted by Crippen LogP contribution is -2.23. The molecule has 0 heterocycles. The van der Waals surface area contributed by atoms with Gasteiger partial charge in [-0.2, -0.15) is 0 Å². The maximum atomic E-state index is 12.3. The molecule has 5 heteroatoms. The van der Waals surface area contributed by atoms with E-state index in [2.05, 4.69) is 5.32 Å². The summed E-state index contributed by atoms with van der Waals surface area (Å²) in [6.45, 7) is 6.22. The van der Waals surface area contributed by atoms with Crippen LogP contribution in [0.25, 0.3) is 0 Å². The Labute approximate surface area is 147 Å². The van der Waals surface area contributed by atoms with E-state index in [0.717, 1.165) is 11.1 Å². The van der Waals surface area contributed by atoms with Crippen LogP contribution < -0.4 is 14.8 Å². The molecule has 24 heavy (non-hydrogen) atoms. The standard InChI is InChI=1S/C19H22ClNO3/c1-12(2)24-17-8-6-14(10-18(17)23-4)11-21-19(22)15-7-5-13(3)9-16(15)20/h5-10,12H,11H2,1-4H3,(H,21,22). The smallest absolute Gasteiger partial charge is 0.253 e. The van der Waals surface area contributed by atoms with Crippen LogP contribution in [0.4, 0.5) is 0 Å². The van der Waals surface area contributed by atoms with Gasteiger partial charge < -0.3 is 14.8 Å². The highest BCUT2D eigenvalue weighted by Gasteiger charge is 2.11.